The Balaban J connectivity index is 1.66. The summed E-state index contributed by atoms with van der Waals surface area (Å²) < 4.78 is 18.0. The minimum atomic E-state index is -0.400. The van der Waals surface area contributed by atoms with Crippen LogP contribution in [0.4, 0.5) is 15.9 Å². The molecule has 6 nitrogen and oxygen atoms in total. The van der Waals surface area contributed by atoms with E-state index in [4.69, 9.17) is 16.3 Å². The van der Waals surface area contributed by atoms with Gasteiger partial charge in [-0.2, -0.15) is 0 Å². The van der Waals surface area contributed by atoms with Crippen LogP contribution in [-0.4, -0.2) is 23.0 Å². The third-order valence-electron chi connectivity index (χ3n) is 3.70. The molecule has 0 atom stereocenters. The molecule has 0 unspecified atom stereocenters. The third-order valence-corrected chi connectivity index (χ3v) is 3.99. The first-order valence-corrected chi connectivity index (χ1v) is 8.38. The lowest BCUT2D eigenvalue weighted by Gasteiger charge is -2.09. The van der Waals surface area contributed by atoms with Gasteiger partial charge in [-0.05, 0) is 35.9 Å². The molecule has 1 amide bonds. The van der Waals surface area contributed by atoms with E-state index >= 15 is 0 Å². The number of carbonyl (C=O) groups excluding carboxylic acids is 1. The normalized spacial score (nSPS) is 10.3. The number of benzene rings is 2. The van der Waals surface area contributed by atoms with Crippen LogP contribution < -0.4 is 15.4 Å². The van der Waals surface area contributed by atoms with Gasteiger partial charge in [0, 0.05) is 18.3 Å². The molecule has 0 spiro atoms. The van der Waals surface area contributed by atoms with Gasteiger partial charge in [-0.3, -0.25) is 4.79 Å². The predicted molar refractivity (Wildman–Crippen MR) is 102 cm³/mol. The van der Waals surface area contributed by atoms with Gasteiger partial charge in [0.2, 0.25) is 0 Å². The first-order valence-electron chi connectivity index (χ1n) is 8.00. The van der Waals surface area contributed by atoms with E-state index in [9.17, 15) is 9.18 Å². The quantitative estimate of drug-likeness (QED) is 0.665. The van der Waals surface area contributed by atoms with Gasteiger partial charge < -0.3 is 15.4 Å². The van der Waals surface area contributed by atoms with Crippen molar-refractivity contribution in [2.75, 3.05) is 17.7 Å². The van der Waals surface area contributed by atoms with E-state index in [1.54, 1.807) is 30.3 Å². The Morgan fingerprint density at radius 1 is 1.15 bits per heavy atom. The number of hydrogen-bond acceptors (Lipinski definition) is 5. The molecule has 1 aromatic heterocycles. The lowest BCUT2D eigenvalue weighted by Crippen LogP contribution is -2.14. The Morgan fingerprint density at radius 3 is 2.63 bits per heavy atom. The maximum atomic E-state index is 12.9. The third kappa shape index (κ3) is 4.92. The van der Waals surface area contributed by atoms with Crippen molar-refractivity contribution in [1.29, 1.82) is 0 Å². The van der Waals surface area contributed by atoms with Crippen LogP contribution >= 0.6 is 11.6 Å². The number of rotatable bonds is 6. The molecular weight excluding hydrogens is 371 g/mol. The van der Waals surface area contributed by atoms with Crippen molar-refractivity contribution in [3.05, 3.63) is 77.0 Å². The Labute approximate surface area is 160 Å². The lowest BCUT2D eigenvalue weighted by molar-refractivity contribution is 0.102. The van der Waals surface area contributed by atoms with Crippen LogP contribution in [0.25, 0.3) is 0 Å². The van der Waals surface area contributed by atoms with Crippen LogP contribution in [0.5, 0.6) is 5.75 Å². The highest BCUT2D eigenvalue weighted by Gasteiger charge is 2.11. The fourth-order valence-electron chi connectivity index (χ4n) is 2.31. The van der Waals surface area contributed by atoms with Crippen molar-refractivity contribution in [2.45, 2.75) is 6.54 Å². The number of halogens is 2. The first kappa shape index (κ1) is 18.6. The summed E-state index contributed by atoms with van der Waals surface area (Å²) in [5.41, 5.74) is 1.60. The van der Waals surface area contributed by atoms with E-state index in [0.29, 0.717) is 28.8 Å². The minimum Gasteiger partial charge on any atom is -0.495 e. The molecule has 3 aromatic rings. The Kier molecular flexibility index (Phi) is 5.83. The van der Waals surface area contributed by atoms with Crippen molar-refractivity contribution in [1.82, 2.24) is 9.97 Å². The molecule has 27 heavy (non-hydrogen) atoms. The summed E-state index contributed by atoms with van der Waals surface area (Å²) in [6.07, 6.45) is 1.29. The number of methoxy groups -OCH3 is 1. The predicted octanol–water partition coefficient (Wildman–Crippen LogP) is 4.14. The van der Waals surface area contributed by atoms with Crippen molar-refractivity contribution in [2.24, 2.45) is 0 Å². The zero-order valence-electron chi connectivity index (χ0n) is 14.4. The molecular formula is C19H16ClFN4O2. The second-order valence-electron chi connectivity index (χ2n) is 5.57. The molecule has 8 heteroatoms. The van der Waals surface area contributed by atoms with E-state index in [-0.39, 0.29) is 11.5 Å². The van der Waals surface area contributed by atoms with Crippen LogP contribution in [0.3, 0.4) is 0 Å². The maximum absolute atomic E-state index is 12.9. The topological polar surface area (TPSA) is 76.1 Å². The second-order valence-corrected chi connectivity index (χ2v) is 5.98. The number of aromatic nitrogens is 2. The van der Waals surface area contributed by atoms with Gasteiger partial charge in [-0.1, -0.05) is 23.7 Å². The number of nitrogens with zero attached hydrogens (tertiary/aromatic N) is 2. The van der Waals surface area contributed by atoms with Crippen LogP contribution in [0, 0.1) is 5.82 Å². The summed E-state index contributed by atoms with van der Waals surface area (Å²) in [5.74, 6) is 0.304. The number of amides is 1. The highest BCUT2D eigenvalue weighted by atomic mass is 35.5. The van der Waals surface area contributed by atoms with Crippen molar-refractivity contribution in [3.63, 3.8) is 0 Å². The van der Waals surface area contributed by atoms with Crippen LogP contribution in [0.15, 0.2) is 54.9 Å². The number of hydrogen-bond donors (Lipinski definition) is 2. The molecule has 1 heterocycles. The summed E-state index contributed by atoms with van der Waals surface area (Å²) in [6.45, 7) is 0.437. The Morgan fingerprint density at radius 2 is 1.93 bits per heavy atom. The van der Waals surface area contributed by atoms with Gasteiger partial charge in [0.25, 0.3) is 5.91 Å². The smallest absolute Gasteiger partial charge is 0.274 e. The largest absolute Gasteiger partial charge is 0.495 e. The zero-order chi connectivity index (χ0) is 19.2. The molecule has 138 valence electrons. The van der Waals surface area contributed by atoms with E-state index in [1.165, 1.54) is 31.6 Å². The molecule has 0 aliphatic carbocycles. The summed E-state index contributed by atoms with van der Waals surface area (Å²) in [7, 11) is 1.51. The molecule has 0 bridgehead atoms. The highest BCUT2D eigenvalue weighted by molar-refractivity contribution is 6.32. The molecule has 2 N–H and O–H groups in total. The molecule has 0 aliphatic heterocycles. The SMILES string of the molecule is COc1ccc(NC(=O)c2cc(NCc3ccc(F)cc3)ncn2)cc1Cl. The van der Waals surface area contributed by atoms with E-state index in [1.807, 2.05) is 0 Å². The number of carbonyl (C=O) groups is 1. The van der Waals surface area contributed by atoms with Crippen molar-refractivity contribution >= 4 is 29.0 Å². The van der Waals surface area contributed by atoms with Gasteiger partial charge in [0.05, 0.1) is 12.1 Å². The summed E-state index contributed by atoms with van der Waals surface area (Å²) in [6, 6.07) is 12.6. The second kappa shape index (κ2) is 8.46. The zero-order valence-corrected chi connectivity index (χ0v) is 15.1. The van der Waals surface area contributed by atoms with E-state index < -0.39 is 5.91 Å². The average Bonchev–Trinajstić information content (AvgIpc) is 2.68. The summed E-state index contributed by atoms with van der Waals surface area (Å²) >= 11 is 6.06. The van der Waals surface area contributed by atoms with E-state index in [2.05, 4.69) is 20.6 Å². The standard InChI is InChI=1S/C19H16ClFN4O2/c1-27-17-7-6-14(8-15(17)20)25-19(26)16-9-18(24-11-23-16)22-10-12-2-4-13(21)5-3-12/h2-9,11H,10H2,1H3,(H,25,26)(H,22,23,24). The number of ether oxygens (including phenoxy) is 1. The first-order chi connectivity index (χ1) is 13.0. The Hall–Kier alpha value is -3.19. The molecule has 0 aliphatic rings. The number of anilines is 2. The monoisotopic (exact) mass is 386 g/mol. The fourth-order valence-corrected chi connectivity index (χ4v) is 2.57. The highest BCUT2D eigenvalue weighted by Crippen LogP contribution is 2.27. The van der Waals surface area contributed by atoms with Crippen LogP contribution in [-0.2, 0) is 6.54 Å². The molecule has 3 rings (SSSR count). The van der Waals surface area contributed by atoms with Crippen LogP contribution in [0.2, 0.25) is 5.02 Å². The summed E-state index contributed by atoms with van der Waals surface area (Å²) in [5, 5.41) is 6.18. The molecule has 0 saturated heterocycles. The van der Waals surface area contributed by atoms with Gasteiger partial charge in [0.1, 0.15) is 29.4 Å². The van der Waals surface area contributed by atoms with Gasteiger partial charge in [-0.15, -0.1) is 0 Å². The van der Waals surface area contributed by atoms with Gasteiger partial charge >= 0.3 is 0 Å². The molecule has 0 fully saturated rings. The lowest BCUT2D eigenvalue weighted by atomic mass is 10.2. The van der Waals surface area contributed by atoms with Crippen LogP contribution in [0.1, 0.15) is 16.1 Å². The fraction of sp³-hybridized carbons (Fsp3) is 0.105. The van der Waals surface area contributed by atoms with Crippen molar-refractivity contribution in [3.8, 4) is 5.75 Å². The van der Waals surface area contributed by atoms with Gasteiger partial charge in [-0.25, -0.2) is 14.4 Å². The molecule has 2 aromatic carbocycles. The summed E-state index contributed by atoms with van der Waals surface area (Å²) in [4.78, 5) is 20.5. The molecule has 0 radical (unpaired) electrons. The molecule has 0 saturated carbocycles. The Bertz CT molecular complexity index is 951. The average molecular weight is 387 g/mol. The minimum absolute atomic E-state index is 0.193. The maximum Gasteiger partial charge on any atom is 0.274 e. The van der Waals surface area contributed by atoms with Crippen molar-refractivity contribution < 1.29 is 13.9 Å². The number of nitrogens with one attached hydrogen (secondary N) is 2. The van der Waals surface area contributed by atoms with E-state index in [0.717, 1.165) is 5.56 Å². The van der Waals surface area contributed by atoms with Gasteiger partial charge in [0.15, 0.2) is 0 Å².